The molecule has 0 unspecified atom stereocenters. The average molecular weight is 635 g/mol. The molecule has 0 bridgehead atoms. The van der Waals surface area contributed by atoms with E-state index in [9.17, 15) is 34.2 Å². The van der Waals surface area contributed by atoms with Crippen LogP contribution in [0.4, 0.5) is 0 Å². The van der Waals surface area contributed by atoms with Crippen LogP contribution in [0.1, 0.15) is 11.3 Å². The lowest BCUT2D eigenvalue weighted by Gasteiger charge is -2.25. The molecule has 2 heterocycles. The smallest absolute Gasteiger partial charge is 0.326 e. The van der Waals surface area contributed by atoms with Crippen molar-refractivity contribution in [2.75, 3.05) is 18.1 Å². The Morgan fingerprint density at radius 2 is 1.47 bits per heavy atom. The molecule has 0 aliphatic rings. The monoisotopic (exact) mass is 634 g/mol. The molecule has 4 amide bonds. The zero-order valence-electron chi connectivity index (χ0n) is 22.8. The molecule has 15 nitrogen and oxygen atoms in total. The standard InChI is InChI=1S/C26H34N8O7S2/c27-16(10-42)22(36)31-18(5-13-7-29-17-4-2-1-3-15(13)17)23(37)33-20(9-35)24(38)34-21(11-43)25(39)32-19(26(40)41)6-14-8-28-12-30-14/h1-4,7-8,12,16,18-21,29,35,42-43H,5-6,9-11,27H2,(H,28,30)(H,31,36)(H,32,39)(H,33,37)(H,34,38)(H,40,41)/t16-,18-,19-,20-,21-/m0/s1. The molecular weight excluding hydrogens is 600 g/mol. The molecule has 1 aromatic carbocycles. The summed E-state index contributed by atoms with van der Waals surface area (Å²) < 4.78 is 0. The number of amides is 4. The number of aromatic amines is 2. The normalized spacial score (nSPS) is 14.6. The van der Waals surface area contributed by atoms with Crippen molar-refractivity contribution in [2.45, 2.75) is 43.1 Å². The summed E-state index contributed by atoms with van der Waals surface area (Å²) >= 11 is 8.10. The number of carbonyl (C=O) groups is 5. The number of para-hydroxylation sites is 1. The van der Waals surface area contributed by atoms with E-state index in [2.05, 4.69) is 61.5 Å². The van der Waals surface area contributed by atoms with Gasteiger partial charge in [0.05, 0.1) is 19.0 Å². The van der Waals surface area contributed by atoms with E-state index in [1.54, 1.807) is 6.20 Å². The first-order valence-corrected chi connectivity index (χ1v) is 14.4. The van der Waals surface area contributed by atoms with E-state index in [4.69, 9.17) is 5.73 Å². The number of rotatable bonds is 16. The Hall–Kier alpha value is -4.06. The maximum absolute atomic E-state index is 13.3. The summed E-state index contributed by atoms with van der Waals surface area (Å²) in [5.74, 6) is -4.73. The summed E-state index contributed by atoms with van der Waals surface area (Å²) in [7, 11) is 0. The predicted octanol–water partition coefficient (Wildman–Crippen LogP) is -2.12. The molecule has 0 radical (unpaired) electrons. The van der Waals surface area contributed by atoms with Crippen molar-refractivity contribution in [3.8, 4) is 0 Å². The van der Waals surface area contributed by atoms with Gasteiger partial charge in [-0.1, -0.05) is 18.2 Å². The highest BCUT2D eigenvalue weighted by atomic mass is 32.1. The molecule has 0 saturated carbocycles. The lowest BCUT2D eigenvalue weighted by molar-refractivity contribution is -0.142. The van der Waals surface area contributed by atoms with Gasteiger partial charge in [0, 0.05) is 53.3 Å². The van der Waals surface area contributed by atoms with Gasteiger partial charge >= 0.3 is 5.97 Å². The zero-order valence-corrected chi connectivity index (χ0v) is 24.6. The molecule has 2 aromatic heterocycles. The number of hydrogen-bond donors (Lipinski definition) is 11. The number of aliphatic hydroxyl groups excluding tert-OH is 1. The minimum absolute atomic E-state index is 0.0206. The largest absolute Gasteiger partial charge is 0.480 e. The molecule has 3 aromatic rings. The third kappa shape index (κ3) is 9.21. The molecule has 0 spiro atoms. The molecular formula is C26H34N8O7S2. The van der Waals surface area contributed by atoms with E-state index in [1.807, 2.05) is 24.3 Å². The predicted molar refractivity (Wildman–Crippen MR) is 162 cm³/mol. The van der Waals surface area contributed by atoms with Gasteiger partial charge in [-0.05, 0) is 11.6 Å². The van der Waals surface area contributed by atoms with Gasteiger partial charge in [-0.2, -0.15) is 25.3 Å². The number of carboxylic acids is 1. The van der Waals surface area contributed by atoms with Crippen molar-refractivity contribution in [2.24, 2.45) is 5.73 Å². The fourth-order valence-electron chi connectivity index (χ4n) is 4.11. The Balaban J connectivity index is 1.70. The van der Waals surface area contributed by atoms with Crippen molar-refractivity contribution >= 4 is 65.8 Å². The van der Waals surface area contributed by atoms with Crippen molar-refractivity contribution < 1.29 is 34.2 Å². The number of fused-ring (bicyclic) bond motifs is 1. The van der Waals surface area contributed by atoms with Gasteiger partial charge in [0.1, 0.15) is 24.2 Å². The van der Waals surface area contributed by atoms with Crippen LogP contribution in [0.5, 0.6) is 0 Å². The fraction of sp³-hybridized carbons (Fsp3) is 0.385. The molecule has 0 fully saturated rings. The lowest BCUT2D eigenvalue weighted by Crippen LogP contribution is -2.60. The SMILES string of the molecule is N[C@@H](CS)C(=O)N[C@@H](Cc1c[nH]c2ccccc12)C(=O)N[C@@H](CO)C(=O)N[C@@H](CS)C(=O)N[C@@H](Cc1cnc[nH]1)C(=O)O. The van der Waals surface area contributed by atoms with Crippen molar-refractivity contribution in [3.05, 3.63) is 54.2 Å². The summed E-state index contributed by atoms with van der Waals surface area (Å²) in [6.07, 6.45) is 4.40. The van der Waals surface area contributed by atoms with Crippen LogP contribution >= 0.6 is 25.3 Å². The van der Waals surface area contributed by atoms with E-state index in [0.29, 0.717) is 11.3 Å². The summed E-state index contributed by atoms with van der Waals surface area (Å²) in [5.41, 5.74) is 7.76. The third-order valence-electron chi connectivity index (χ3n) is 6.49. The first-order chi connectivity index (χ1) is 20.6. The van der Waals surface area contributed by atoms with Gasteiger partial charge in [0.2, 0.25) is 23.6 Å². The molecule has 0 aliphatic carbocycles. The van der Waals surface area contributed by atoms with E-state index >= 15 is 0 Å². The maximum Gasteiger partial charge on any atom is 0.326 e. The second-order valence-electron chi connectivity index (χ2n) is 9.58. The number of nitrogens with zero attached hydrogens (tertiary/aromatic N) is 1. The van der Waals surface area contributed by atoms with E-state index in [0.717, 1.165) is 10.9 Å². The van der Waals surface area contributed by atoms with Crippen molar-refractivity contribution in [1.29, 1.82) is 0 Å². The number of H-pyrrole nitrogens is 2. The number of carbonyl (C=O) groups excluding carboxylic acids is 4. The molecule has 17 heteroatoms. The summed E-state index contributed by atoms with van der Waals surface area (Å²) in [4.78, 5) is 73.0. The van der Waals surface area contributed by atoms with Crippen molar-refractivity contribution in [3.63, 3.8) is 0 Å². The van der Waals surface area contributed by atoms with Crippen LogP contribution in [0, 0.1) is 0 Å². The number of hydrogen-bond acceptors (Lipinski definition) is 10. The van der Waals surface area contributed by atoms with Crippen LogP contribution in [-0.4, -0.2) is 103 Å². The van der Waals surface area contributed by atoms with Gasteiger partial charge in [-0.15, -0.1) is 0 Å². The number of aromatic nitrogens is 3. The minimum Gasteiger partial charge on any atom is -0.480 e. The molecule has 3 rings (SSSR count). The maximum atomic E-state index is 13.3. The Kier molecular flexibility index (Phi) is 12.4. The number of benzene rings is 1. The minimum atomic E-state index is -1.52. The number of nitrogens with one attached hydrogen (secondary N) is 6. The summed E-state index contributed by atoms with van der Waals surface area (Å²) in [6.45, 7) is -0.847. The molecule has 43 heavy (non-hydrogen) atoms. The fourth-order valence-corrected chi connectivity index (χ4v) is 4.54. The van der Waals surface area contributed by atoms with Gasteiger partial charge in [0.15, 0.2) is 0 Å². The summed E-state index contributed by atoms with van der Waals surface area (Å²) in [6, 6.07) is 0.985. The van der Waals surface area contributed by atoms with Crippen LogP contribution in [-0.2, 0) is 36.8 Å². The second-order valence-corrected chi connectivity index (χ2v) is 10.3. The highest BCUT2D eigenvalue weighted by molar-refractivity contribution is 7.80. The Morgan fingerprint density at radius 1 is 0.837 bits per heavy atom. The highest BCUT2D eigenvalue weighted by Gasteiger charge is 2.31. The molecule has 232 valence electrons. The zero-order chi connectivity index (χ0) is 31.5. The summed E-state index contributed by atoms with van der Waals surface area (Å²) in [5, 5.41) is 29.9. The van der Waals surface area contributed by atoms with Gasteiger partial charge in [0.25, 0.3) is 0 Å². The van der Waals surface area contributed by atoms with Crippen LogP contribution in [0.2, 0.25) is 0 Å². The van der Waals surface area contributed by atoms with Gasteiger partial charge in [-0.25, -0.2) is 9.78 Å². The molecule has 0 aliphatic heterocycles. The van der Waals surface area contributed by atoms with Gasteiger partial charge in [-0.3, -0.25) is 19.2 Å². The number of aliphatic hydroxyl groups is 1. The Bertz CT molecular complexity index is 1420. The molecule has 5 atom stereocenters. The first-order valence-electron chi connectivity index (χ1n) is 13.1. The number of nitrogens with two attached hydrogens (primary N) is 1. The van der Waals surface area contributed by atoms with E-state index in [1.165, 1.54) is 12.5 Å². The van der Waals surface area contributed by atoms with Crippen LogP contribution < -0.4 is 27.0 Å². The first kappa shape index (κ1) is 33.4. The van der Waals surface area contributed by atoms with Crippen LogP contribution in [0.3, 0.4) is 0 Å². The number of thiol groups is 2. The third-order valence-corrected chi connectivity index (χ3v) is 7.25. The number of carboxylic acid groups (broad SMARTS) is 1. The Morgan fingerprint density at radius 3 is 2.09 bits per heavy atom. The average Bonchev–Trinajstić information content (AvgIpc) is 3.67. The van der Waals surface area contributed by atoms with E-state index < -0.39 is 66.4 Å². The number of aliphatic carboxylic acids is 1. The molecule has 10 N–H and O–H groups in total. The Labute approximate surface area is 257 Å². The quantitative estimate of drug-likeness (QED) is 0.0771. The van der Waals surface area contributed by atoms with Crippen molar-refractivity contribution in [1.82, 2.24) is 36.2 Å². The highest BCUT2D eigenvalue weighted by Crippen LogP contribution is 2.19. The van der Waals surface area contributed by atoms with Crippen LogP contribution in [0.25, 0.3) is 10.9 Å². The number of imidazole rings is 1. The van der Waals surface area contributed by atoms with Gasteiger partial charge < -0.3 is 47.2 Å². The van der Waals surface area contributed by atoms with E-state index in [-0.39, 0.29) is 24.3 Å². The lowest BCUT2D eigenvalue weighted by atomic mass is 10.0. The molecule has 0 saturated heterocycles. The topological polar surface area (TPSA) is 244 Å². The second kappa shape index (κ2) is 16.0. The van der Waals surface area contributed by atoms with Crippen LogP contribution in [0.15, 0.2) is 43.0 Å².